The molecule has 0 aliphatic heterocycles. The molecule has 156 valence electrons. The third-order valence-electron chi connectivity index (χ3n) is 4.58. The van der Waals surface area contributed by atoms with Gasteiger partial charge in [0.25, 0.3) is 5.91 Å². The highest BCUT2D eigenvalue weighted by Crippen LogP contribution is 2.32. The molecular weight excluding hydrogens is 370 g/mol. The van der Waals surface area contributed by atoms with Crippen LogP contribution in [0.1, 0.15) is 61.0 Å². The minimum Gasteiger partial charge on any atom is -0.493 e. The Kier molecular flexibility index (Phi) is 7.65. The van der Waals surface area contributed by atoms with Crippen molar-refractivity contribution in [1.82, 2.24) is 0 Å². The van der Waals surface area contributed by atoms with Gasteiger partial charge in [0.1, 0.15) is 0 Å². The van der Waals surface area contributed by atoms with Crippen LogP contribution in [0.5, 0.6) is 11.5 Å². The van der Waals surface area contributed by atoms with Crippen molar-refractivity contribution in [2.45, 2.75) is 39.5 Å². The van der Waals surface area contributed by atoms with E-state index in [9.17, 15) is 9.59 Å². The predicted octanol–water partition coefficient (Wildman–Crippen LogP) is 4.75. The van der Waals surface area contributed by atoms with Crippen LogP contribution in [0.4, 0.5) is 5.69 Å². The van der Waals surface area contributed by atoms with Gasteiger partial charge in [0.15, 0.2) is 18.1 Å². The molecule has 0 unspecified atom stereocenters. The molecule has 1 amide bonds. The summed E-state index contributed by atoms with van der Waals surface area (Å²) in [5, 5.41) is 3.01. The molecular formula is C23H29NO5. The van der Waals surface area contributed by atoms with E-state index in [0.29, 0.717) is 17.1 Å². The Balaban J connectivity index is 2.16. The third-order valence-corrected chi connectivity index (χ3v) is 4.58. The Labute approximate surface area is 172 Å². The average Bonchev–Trinajstić information content (AvgIpc) is 2.71. The molecule has 0 aromatic heterocycles. The Hall–Kier alpha value is -3.02. The number of methoxy groups -OCH3 is 2. The van der Waals surface area contributed by atoms with Crippen molar-refractivity contribution >= 4 is 17.6 Å². The number of anilines is 1. The van der Waals surface area contributed by atoms with Crippen LogP contribution in [-0.4, -0.2) is 32.7 Å². The molecule has 0 atom stereocenters. The molecule has 2 aromatic carbocycles. The normalized spacial score (nSPS) is 10.8. The van der Waals surface area contributed by atoms with E-state index in [1.165, 1.54) is 20.3 Å². The number of carbonyl (C=O) groups excluding carboxylic acids is 2. The van der Waals surface area contributed by atoms with E-state index in [-0.39, 0.29) is 24.3 Å². The van der Waals surface area contributed by atoms with Crippen LogP contribution in [0, 0.1) is 0 Å². The summed E-state index contributed by atoms with van der Waals surface area (Å²) in [4.78, 5) is 24.3. The van der Waals surface area contributed by atoms with Gasteiger partial charge in [-0.25, -0.2) is 4.79 Å². The van der Waals surface area contributed by atoms with Gasteiger partial charge in [0, 0.05) is 5.69 Å². The SMILES string of the molecule is COC(=O)c1ccc(OCC(=O)Nc2c(C(C)C)cccc2C(C)C)c(OC)c1. The summed E-state index contributed by atoms with van der Waals surface area (Å²) in [5.41, 5.74) is 3.36. The maximum Gasteiger partial charge on any atom is 0.337 e. The summed E-state index contributed by atoms with van der Waals surface area (Å²) in [6.45, 7) is 8.20. The van der Waals surface area contributed by atoms with Crippen molar-refractivity contribution in [3.63, 3.8) is 0 Å². The molecule has 0 bridgehead atoms. The number of hydrogen-bond donors (Lipinski definition) is 1. The first-order chi connectivity index (χ1) is 13.8. The van der Waals surface area contributed by atoms with E-state index in [1.54, 1.807) is 12.1 Å². The van der Waals surface area contributed by atoms with Gasteiger partial charge < -0.3 is 19.5 Å². The first-order valence-electron chi connectivity index (χ1n) is 9.60. The molecule has 2 aromatic rings. The number of carbonyl (C=O) groups is 2. The molecule has 6 nitrogen and oxygen atoms in total. The number of nitrogens with one attached hydrogen (secondary N) is 1. The molecule has 0 saturated carbocycles. The van der Waals surface area contributed by atoms with Crippen molar-refractivity contribution in [3.05, 3.63) is 53.1 Å². The van der Waals surface area contributed by atoms with E-state index in [2.05, 4.69) is 33.0 Å². The molecule has 0 radical (unpaired) electrons. The number of esters is 1. The smallest absolute Gasteiger partial charge is 0.337 e. The van der Waals surface area contributed by atoms with Crippen molar-refractivity contribution < 1.29 is 23.8 Å². The number of amides is 1. The van der Waals surface area contributed by atoms with Gasteiger partial charge in [-0.1, -0.05) is 45.9 Å². The lowest BCUT2D eigenvalue weighted by molar-refractivity contribution is -0.118. The zero-order chi connectivity index (χ0) is 21.6. The van der Waals surface area contributed by atoms with Crippen molar-refractivity contribution in [2.75, 3.05) is 26.1 Å². The summed E-state index contributed by atoms with van der Waals surface area (Å²) >= 11 is 0. The van der Waals surface area contributed by atoms with Gasteiger partial charge in [-0.3, -0.25) is 4.79 Å². The molecule has 0 aliphatic carbocycles. The molecule has 0 aliphatic rings. The molecule has 0 heterocycles. The highest BCUT2D eigenvalue weighted by molar-refractivity contribution is 5.94. The average molecular weight is 399 g/mol. The lowest BCUT2D eigenvalue weighted by Gasteiger charge is -2.20. The largest absolute Gasteiger partial charge is 0.493 e. The van der Waals surface area contributed by atoms with Crippen molar-refractivity contribution in [2.24, 2.45) is 0 Å². The first kappa shape index (κ1) is 22.3. The number of para-hydroxylation sites is 1. The predicted molar refractivity (Wildman–Crippen MR) is 113 cm³/mol. The third kappa shape index (κ3) is 5.50. The maximum absolute atomic E-state index is 12.6. The fraction of sp³-hybridized carbons (Fsp3) is 0.391. The van der Waals surface area contributed by atoms with Crippen LogP contribution in [0.2, 0.25) is 0 Å². The maximum atomic E-state index is 12.6. The van der Waals surface area contributed by atoms with E-state index in [0.717, 1.165) is 16.8 Å². The van der Waals surface area contributed by atoms with Crippen LogP contribution in [0.15, 0.2) is 36.4 Å². The van der Waals surface area contributed by atoms with E-state index >= 15 is 0 Å². The second kappa shape index (κ2) is 9.96. The summed E-state index contributed by atoms with van der Waals surface area (Å²) in [6.07, 6.45) is 0. The number of hydrogen-bond acceptors (Lipinski definition) is 5. The number of benzene rings is 2. The fourth-order valence-electron chi connectivity index (χ4n) is 3.05. The Bertz CT molecular complexity index is 847. The Morgan fingerprint density at radius 3 is 2.07 bits per heavy atom. The van der Waals surface area contributed by atoms with Gasteiger partial charge in [-0.05, 0) is 41.2 Å². The molecule has 29 heavy (non-hydrogen) atoms. The van der Waals surface area contributed by atoms with Gasteiger partial charge in [-0.2, -0.15) is 0 Å². The summed E-state index contributed by atoms with van der Waals surface area (Å²) < 4.78 is 15.6. The Morgan fingerprint density at radius 2 is 1.55 bits per heavy atom. The monoisotopic (exact) mass is 399 g/mol. The van der Waals surface area contributed by atoms with Crippen molar-refractivity contribution in [1.29, 1.82) is 0 Å². The summed E-state index contributed by atoms with van der Waals surface area (Å²) in [7, 11) is 2.78. The van der Waals surface area contributed by atoms with Crippen LogP contribution in [-0.2, 0) is 9.53 Å². The highest BCUT2D eigenvalue weighted by atomic mass is 16.5. The minimum absolute atomic E-state index is 0.183. The standard InChI is InChI=1S/C23H29NO5/c1-14(2)17-8-7-9-18(15(3)4)22(17)24-21(25)13-29-19-11-10-16(23(26)28-6)12-20(19)27-5/h7-12,14-15H,13H2,1-6H3,(H,24,25). The van der Waals surface area contributed by atoms with Crippen LogP contribution in [0.25, 0.3) is 0 Å². The van der Waals surface area contributed by atoms with Crippen LogP contribution < -0.4 is 14.8 Å². The second-order valence-electron chi connectivity index (χ2n) is 7.31. The summed E-state index contributed by atoms with van der Waals surface area (Å²) in [6, 6.07) is 10.7. The molecule has 2 rings (SSSR count). The van der Waals surface area contributed by atoms with E-state index in [1.807, 2.05) is 18.2 Å². The van der Waals surface area contributed by atoms with Gasteiger partial charge in [0.2, 0.25) is 0 Å². The zero-order valence-electron chi connectivity index (χ0n) is 17.9. The lowest BCUT2D eigenvalue weighted by atomic mass is 9.92. The van der Waals surface area contributed by atoms with Gasteiger partial charge >= 0.3 is 5.97 Å². The van der Waals surface area contributed by atoms with Gasteiger partial charge in [-0.15, -0.1) is 0 Å². The summed E-state index contributed by atoms with van der Waals surface area (Å²) in [5.74, 6) is 0.535. The van der Waals surface area contributed by atoms with Crippen LogP contribution >= 0.6 is 0 Å². The zero-order valence-corrected chi connectivity index (χ0v) is 17.9. The topological polar surface area (TPSA) is 73.9 Å². The first-order valence-corrected chi connectivity index (χ1v) is 9.60. The quantitative estimate of drug-likeness (QED) is 0.649. The van der Waals surface area contributed by atoms with Crippen molar-refractivity contribution in [3.8, 4) is 11.5 Å². The van der Waals surface area contributed by atoms with Crippen LogP contribution in [0.3, 0.4) is 0 Å². The molecule has 0 saturated heterocycles. The molecule has 0 spiro atoms. The number of rotatable bonds is 8. The molecule has 1 N–H and O–H groups in total. The van der Waals surface area contributed by atoms with Gasteiger partial charge in [0.05, 0.1) is 19.8 Å². The number of ether oxygens (including phenoxy) is 3. The Morgan fingerprint density at radius 1 is 0.931 bits per heavy atom. The second-order valence-corrected chi connectivity index (χ2v) is 7.31. The lowest BCUT2D eigenvalue weighted by Crippen LogP contribution is -2.22. The fourth-order valence-corrected chi connectivity index (χ4v) is 3.05. The molecule has 6 heteroatoms. The minimum atomic E-state index is -0.473. The highest BCUT2D eigenvalue weighted by Gasteiger charge is 2.17. The van der Waals surface area contributed by atoms with E-state index in [4.69, 9.17) is 14.2 Å². The van der Waals surface area contributed by atoms with E-state index < -0.39 is 5.97 Å². The molecule has 0 fully saturated rings.